The smallest absolute Gasteiger partial charge is 0.338 e. The Kier molecular flexibility index (Phi) is 6.88. The van der Waals surface area contributed by atoms with Crippen molar-refractivity contribution in [2.24, 2.45) is 5.92 Å². The zero-order valence-electron chi connectivity index (χ0n) is 22.1. The van der Waals surface area contributed by atoms with Gasteiger partial charge in [0, 0.05) is 29.9 Å². The molecule has 9 heteroatoms. The zero-order valence-corrected chi connectivity index (χ0v) is 22.1. The van der Waals surface area contributed by atoms with Gasteiger partial charge < -0.3 is 14.6 Å². The minimum atomic E-state index is -0.766. The number of nitrogens with zero attached hydrogens (tertiary/aromatic N) is 5. The first-order valence-electron chi connectivity index (χ1n) is 13.2. The number of aliphatic hydroxyl groups excluding tert-OH is 1. The van der Waals surface area contributed by atoms with Gasteiger partial charge in [0.2, 0.25) is 0 Å². The molecule has 1 aliphatic carbocycles. The summed E-state index contributed by atoms with van der Waals surface area (Å²) >= 11 is 0. The number of aliphatic hydroxyl groups is 1. The number of carbonyl (C=O) groups is 1. The maximum Gasteiger partial charge on any atom is 0.338 e. The highest BCUT2D eigenvalue weighted by Gasteiger charge is 2.48. The third kappa shape index (κ3) is 4.91. The first-order valence-corrected chi connectivity index (χ1v) is 13.2. The van der Waals surface area contributed by atoms with Crippen molar-refractivity contribution in [2.45, 2.75) is 84.2 Å². The van der Waals surface area contributed by atoms with E-state index in [1.165, 1.54) is 0 Å². The molecule has 0 aromatic carbocycles. The minimum Gasteiger partial charge on any atom is -0.512 e. The lowest BCUT2D eigenvalue weighted by Gasteiger charge is -2.41. The van der Waals surface area contributed by atoms with Crippen LogP contribution in [0.5, 0.6) is 5.75 Å². The van der Waals surface area contributed by atoms with Crippen LogP contribution in [0, 0.1) is 19.8 Å². The molecule has 37 heavy (non-hydrogen) atoms. The van der Waals surface area contributed by atoms with Gasteiger partial charge in [-0.1, -0.05) is 19.8 Å². The van der Waals surface area contributed by atoms with Gasteiger partial charge in [0.25, 0.3) is 5.78 Å². The molecule has 1 atom stereocenters. The van der Waals surface area contributed by atoms with Crippen molar-refractivity contribution >= 4 is 11.7 Å². The number of aryl methyl sites for hydroxylation is 4. The van der Waals surface area contributed by atoms with E-state index in [0.29, 0.717) is 24.4 Å². The van der Waals surface area contributed by atoms with E-state index in [0.717, 1.165) is 60.6 Å². The van der Waals surface area contributed by atoms with Crippen LogP contribution in [0.1, 0.15) is 74.0 Å². The van der Waals surface area contributed by atoms with Gasteiger partial charge in [-0.2, -0.15) is 4.98 Å². The molecule has 9 nitrogen and oxygen atoms in total. The highest BCUT2D eigenvalue weighted by Crippen LogP contribution is 2.46. The van der Waals surface area contributed by atoms with Gasteiger partial charge in [-0.3, -0.25) is 4.98 Å². The number of methoxy groups -OCH3 is 1. The number of pyridine rings is 1. The molecule has 3 aromatic rings. The molecular weight excluding hydrogens is 470 g/mol. The van der Waals surface area contributed by atoms with Crippen LogP contribution in [-0.2, 0) is 28.8 Å². The molecule has 196 valence electrons. The minimum absolute atomic E-state index is 0.0742. The second-order valence-corrected chi connectivity index (χ2v) is 10.3. The van der Waals surface area contributed by atoms with Crippen molar-refractivity contribution < 1.29 is 19.4 Å². The molecule has 5 rings (SSSR count). The molecule has 1 N–H and O–H groups in total. The predicted octanol–water partition coefficient (Wildman–Crippen LogP) is 4.57. The molecule has 1 fully saturated rings. The lowest BCUT2D eigenvalue weighted by Crippen LogP contribution is -2.46. The maximum atomic E-state index is 13.4. The van der Waals surface area contributed by atoms with Gasteiger partial charge in [-0.25, -0.2) is 14.3 Å². The molecule has 0 bridgehead atoms. The molecule has 3 aromatic heterocycles. The fraction of sp³-hybridized carbons (Fsp3) is 0.536. The third-order valence-electron chi connectivity index (χ3n) is 7.81. The Labute approximate surface area is 217 Å². The van der Waals surface area contributed by atoms with E-state index >= 15 is 0 Å². The van der Waals surface area contributed by atoms with Crippen molar-refractivity contribution in [1.29, 1.82) is 0 Å². The molecule has 2 aliphatic rings. The van der Waals surface area contributed by atoms with Crippen LogP contribution in [0.4, 0.5) is 0 Å². The lowest BCUT2D eigenvalue weighted by molar-refractivity contribution is -0.167. The van der Waals surface area contributed by atoms with Crippen molar-refractivity contribution in [3.05, 3.63) is 58.1 Å². The van der Waals surface area contributed by atoms with Crippen LogP contribution in [0.2, 0.25) is 0 Å². The Morgan fingerprint density at radius 1 is 1.19 bits per heavy atom. The highest BCUT2D eigenvalue weighted by atomic mass is 16.6. The van der Waals surface area contributed by atoms with E-state index in [-0.39, 0.29) is 30.1 Å². The van der Waals surface area contributed by atoms with Gasteiger partial charge in [0.05, 0.1) is 18.4 Å². The second-order valence-electron chi connectivity index (χ2n) is 10.3. The number of hydrogen-bond acceptors (Lipinski definition) is 8. The molecule has 4 heterocycles. The molecule has 1 aliphatic heterocycles. The summed E-state index contributed by atoms with van der Waals surface area (Å²) in [5.74, 6) is 1.43. The van der Waals surface area contributed by atoms with Crippen molar-refractivity contribution in [3.8, 4) is 5.75 Å². The zero-order chi connectivity index (χ0) is 26.2. The summed E-state index contributed by atoms with van der Waals surface area (Å²) in [6.45, 7) is 5.91. The van der Waals surface area contributed by atoms with E-state index in [4.69, 9.17) is 14.5 Å². The average molecular weight is 506 g/mol. The summed E-state index contributed by atoms with van der Waals surface area (Å²) < 4.78 is 13.5. The number of aromatic nitrogens is 5. The third-order valence-corrected chi connectivity index (χ3v) is 7.81. The number of carbonyl (C=O) groups excluding carboxylic acids is 1. The second kappa shape index (κ2) is 10.1. The Morgan fingerprint density at radius 3 is 2.68 bits per heavy atom. The molecule has 1 unspecified atom stereocenters. The van der Waals surface area contributed by atoms with E-state index in [2.05, 4.69) is 22.0 Å². The van der Waals surface area contributed by atoms with Gasteiger partial charge >= 0.3 is 5.97 Å². The van der Waals surface area contributed by atoms with E-state index in [1.54, 1.807) is 11.6 Å². The Balaban J connectivity index is 1.42. The molecule has 0 amide bonds. The van der Waals surface area contributed by atoms with Crippen LogP contribution < -0.4 is 4.74 Å². The number of cyclic esters (lactones) is 1. The summed E-state index contributed by atoms with van der Waals surface area (Å²) in [4.78, 5) is 27.1. The summed E-state index contributed by atoms with van der Waals surface area (Å²) in [6, 6.07) is 5.85. The van der Waals surface area contributed by atoms with Gasteiger partial charge in [0.1, 0.15) is 17.1 Å². The summed E-state index contributed by atoms with van der Waals surface area (Å²) in [7, 11) is 1.64. The van der Waals surface area contributed by atoms with Crippen molar-refractivity contribution in [1.82, 2.24) is 24.6 Å². The van der Waals surface area contributed by atoms with Gasteiger partial charge in [-0.15, -0.1) is 5.10 Å². The Bertz CT molecular complexity index is 1360. The first kappa shape index (κ1) is 25.2. The molecular formula is C28H35N5O4. The number of rotatable bonds is 8. The molecule has 0 saturated heterocycles. The largest absolute Gasteiger partial charge is 0.512 e. The normalized spacial score (nSPS) is 20.6. The van der Waals surface area contributed by atoms with Gasteiger partial charge in [0.15, 0.2) is 5.82 Å². The van der Waals surface area contributed by atoms with Crippen LogP contribution in [-0.4, -0.2) is 48.4 Å². The quantitative estimate of drug-likeness (QED) is 0.443. The van der Waals surface area contributed by atoms with Crippen LogP contribution in [0.3, 0.4) is 0 Å². The van der Waals surface area contributed by atoms with Crippen LogP contribution >= 0.6 is 0 Å². The molecule has 0 radical (unpaired) electrons. The summed E-state index contributed by atoms with van der Waals surface area (Å²) in [5, 5.41) is 15.7. The highest BCUT2D eigenvalue weighted by molar-refractivity contribution is 5.90. The fourth-order valence-electron chi connectivity index (χ4n) is 5.85. The number of esters is 1. The maximum absolute atomic E-state index is 13.4. The number of fused-ring (bicyclic) bond motifs is 1. The SMILES string of the molecule is CCc1ccc(OC)c(CCC2(C3CCCC3)CC(O)=C(Cc3nc4nc(C)cc(C)n4n3)C(=O)O2)n1. The van der Waals surface area contributed by atoms with Crippen molar-refractivity contribution in [3.63, 3.8) is 0 Å². The van der Waals surface area contributed by atoms with E-state index < -0.39 is 11.6 Å². The summed E-state index contributed by atoms with van der Waals surface area (Å²) in [5.41, 5.74) is 3.06. The predicted molar refractivity (Wildman–Crippen MR) is 138 cm³/mol. The number of hydrogen-bond donors (Lipinski definition) is 1. The Morgan fingerprint density at radius 2 is 1.97 bits per heavy atom. The van der Waals surface area contributed by atoms with Crippen molar-refractivity contribution in [2.75, 3.05) is 7.11 Å². The number of ether oxygens (including phenoxy) is 2. The molecule has 1 saturated carbocycles. The Hall–Kier alpha value is -3.49. The first-order chi connectivity index (χ1) is 17.8. The topological polar surface area (TPSA) is 112 Å². The monoisotopic (exact) mass is 505 g/mol. The van der Waals surface area contributed by atoms with Gasteiger partial charge in [-0.05, 0) is 70.1 Å². The standard InChI is InChI=1S/C28H35N5O4/c1-5-20-10-11-24(36-4)22(30-20)12-13-28(19-8-6-7-9-19)16-23(34)21(26(35)37-28)15-25-31-27-29-17(2)14-18(3)33(27)32-25/h10-11,14,19,34H,5-9,12-13,15-16H2,1-4H3. The lowest BCUT2D eigenvalue weighted by atomic mass is 9.76. The summed E-state index contributed by atoms with van der Waals surface area (Å²) in [6.07, 6.45) is 6.56. The van der Waals surface area contributed by atoms with Crippen LogP contribution in [0.15, 0.2) is 29.5 Å². The van der Waals surface area contributed by atoms with E-state index in [9.17, 15) is 9.90 Å². The van der Waals surface area contributed by atoms with Crippen LogP contribution in [0.25, 0.3) is 5.78 Å². The fourth-order valence-corrected chi connectivity index (χ4v) is 5.85. The average Bonchev–Trinajstić information content (AvgIpc) is 3.55. The molecule has 0 spiro atoms. The van der Waals surface area contributed by atoms with E-state index in [1.807, 2.05) is 32.0 Å².